The molecule has 102 valence electrons. The number of rotatable bonds is 5. The molecule has 1 fully saturated rings. The lowest BCUT2D eigenvalue weighted by Crippen LogP contribution is -2.57. The van der Waals surface area contributed by atoms with E-state index in [9.17, 15) is 14.4 Å². The molecule has 0 aromatic carbocycles. The van der Waals surface area contributed by atoms with Crippen LogP contribution in [-0.2, 0) is 14.4 Å². The van der Waals surface area contributed by atoms with Crippen LogP contribution in [0.4, 0.5) is 0 Å². The predicted molar refractivity (Wildman–Crippen MR) is 68.3 cm³/mol. The Bertz CT molecular complexity index is 357. The maximum Gasteiger partial charge on any atom is 0.303 e. The normalized spacial score (nSPS) is 22.1. The molecule has 1 saturated heterocycles. The molecule has 0 aromatic rings. The van der Waals surface area contributed by atoms with Crippen molar-refractivity contribution >= 4 is 29.5 Å². The molecule has 0 bridgehead atoms. The first kappa shape index (κ1) is 14.8. The van der Waals surface area contributed by atoms with Crippen molar-refractivity contribution in [3.05, 3.63) is 0 Å². The molecule has 1 aliphatic heterocycles. The van der Waals surface area contributed by atoms with Crippen molar-refractivity contribution in [3.8, 4) is 0 Å². The monoisotopic (exact) mass is 274 g/mol. The van der Waals surface area contributed by atoms with Crippen LogP contribution in [0, 0.1) is 0 Å². The Morgan fingerprint density at radius 3 is 2.78 bits per heavy atom. The van der Waals surface area contributed by atoms with Gasteiger partial charge in [0, 0.05) is 18.7 Å². The van der Waals surface area contributed by atoms with E-state index < -0.39 is 16.8 Å². The van der Waals surface area contributed by atoms with Crippen molar-refractivity contribution < 1.29 is 19.5 Å². The van der Waals surface area contributed by atoms with E-state index in [2.05, 4.69) is 10.6 Å². The van der Waals surface area contributed by atoms with Crippen LogP contribution in [0.2, 0.25) is 0 Å². The number of amides is 2. The van der Waals surface area contributed by atoms with Gasteiger partial charge in [0.05, 0.1) is 4.75 Å². The fourth-order valence-electron chi connectivity index (χ4n) is 1.45. The van der Waals surface area contributed by atoms with Gasteiger partial charge in [-0.1, -0.05) is 0 Å². The number of carbonyl (C=O) groups is 3. The number of thioether (sulfide) groups is 1. The summed E-state index contributed by atoms with van der Waals surface area (Å²) in [6, 6.07) is -0.527. The number of carboxylic acids is 1. The average molecular weight is 274 g/mol. The number of nitrogens with one attached hydrogen (secondary N) is 2. The molecule has 0 saturated carbocycles. The molecule has 2 amide bonds. The predicted octanol–water partition coefficient (Wildman–Crippen LogP) is -0.0224. The average Bonchev–Trinajstić information content (AvgIpc) is 2.27. The van der Waals surface area contributed by atoms with Crippen molar-refractivity contribution in [2.75, 3.05) is 12.3 Å². The van der Waals surface area contributed by atoms with Crippen LogP contribution >= 0.6 is 11.8 Å². The second-order valence-corrected chi connectivity index (χ2v) is 6.28. The van der Waals surface area contributed by atoms with E-state index in [0.29, 0.717) is 18.7 Å². The second kappa shape index (κ2) is 6.08. The molecule has 1 heterocycles. The molecule has 0 aromatic heterocycles. The highest BCUT2D eigenvalue weighted by atomic mass is 32.2. The fourth-order valence-corrected chi connectivity index (χ4v) is 2.45. The Balaban J connectivity index is 2.31. The van der Waals surface area contributed by atoms with Crippen molar-refractivity contribution in [1.29, 1.82) is 0 Å². The molecule has 0 spiro atoms. The molecular weight excluding hydrogens is 256 g/mol. The quantitative estimate of drug-likeness (QED) is 0.612. The van der Waals surface area contributed by atoms with Gasteiger partial charge in [0.1, 0.15) is 6.04 Å². The largest absolute Gasteiger partial charge is 0.481 e. The zero-order valence-electron chi connectivity index (χ0n) is 10.5. The minimum Gasteiger partial charge on any atom is -0.481 e. The fraction of sp³-hybridized carbons (Fsp3) is 0.727. The molecule has 0 radical (unpaired) electrons. The second-order valence-electron chi connectivity index (χ2n) is 4.64. The van der Waals surface area contributed by atoms with Gasteiger partial charge in [-0.3, -0.25) is 14.4 Å². The summed E-state index contributed by atoms with van der Waals surface area (Å²) in [5.74, 6) is -0.752. The summed E-state index contributed by atoms with van der Waals surface area (Å²) in [6.45, 7) is 3.94. The number of carboxylic acid groups (broad SMARTS) is 1. The van der Waals surface area contributed by atoms with E-state index in [1.807, 2.05) is 13.8 Å². The maximum atomic E-state index is 11.7. The maximum absolute atomic E-state index is 11.7. The molecule has 1 unspecified atom stereocenters. The van der Waals surface area contributed by atoms with Gasteiger partial charge in [0.15, 0.2) is 0 Å². The minimum absolute atomic E-state index is 0.0269. The first-order valence-electron chi connectivity index (χ1n) is 5.77. The van der Waals surface area contributed by atoms with Gasteiger partial charge in [0.2, 0.25) is 11.8 Å². The van der Waals surface area contributed by atoms with Crippen molar-refractivity contribution in [1.82, 2.24) is 10.6 Å². The topological polar surface area (TPSA) is 95.5 Å². The number of hydrogen-bond acceptors (Lipinski definition) is 4. The SMILES string of the molecule is CC1(C)SCC(C(=O)NCCCC(=O)O)NC1=O. The standard InChI is InChI=1S/C11H18N2O4S/c1-11(2)10(17)13-7(6-18-11)9(16)12-5-3-4-8(14)15/h7H,3-6H2,1-2H3,(H,12,16)(H,13,17)(H,14,15). The highest BCUT2D eigenvalue weighted by molar-refractivity contribution is 8.01. The summed E-state index contributed by atoms with van der Waals surface area (Å²) in [5, 5.41) is 13.7. The first-order valence-corrected chi connectivity index (χ1v) is 6.76. The first-order chi connectivity index (χ1) is 8.33. The summed E-state index contributed by atoms with van der Waals surface area (Å²) in [7, 11) is 0. The third kappa shape index (κ3) is 4.21. The Hall–Kier alpha value is -1.24. The van der Waals surface area contributed by atoms with Crippen molar-refractivity contribution in [2.24, 2.45) is 0 Å². The van der Waals surface area contributed by atoms with Gasteiger partial charge < -0.3 is 15.7 Å². The van der Waals surface area contributed by atoms with Gasteiger partial charge in [-0.05, 0) is 20.3 Å². The smallest absolute Gasteiger partial charge is 0.303 e. The summed E-state index contributed by atoms with van der Waals surface area (Å²) in [4.78, 5) is 33.7. The van der Waals surface area contributed by atoms with Crippen LogP contribution in [-0.4, -0.2) is 46.0 Å². The molecule has 18 heavy (non-hydrogen) atoms. The lowest BCUT2D eigenvalue weighted by atomic mass is 10.1. The summed E-state index contributed by atoms with van der Waals surface area (Å²) >= 11 is 1.44. The number of carbonyl (C=O) groups excluding carboxylic acids is 2. The Morgan fingerprint density at radius 1 is 1.56 bits per heavy atom. The van der Waals surface area contributed by atoms with Crippen LogP contribution in [0.5, 0.6) is 0 Å². The van der Waals surface area contributed by atoms with Gasteiger partial charge >= 0.3 is 5.97 Å². The molecule has 1 rings (SSSR count). The Morgan fingerprint density at radius 2 is 2.22 bits per heavy atom. The van der Waals surface area contributed by atoms with Crippen LogP contribution in [0.3, 0.4) is 0 Å². The highest BCUT2D eigenvalue weighted by Crippen LogP contribution is 2.28. The van der Waals surface area contributed by atoms with E-state index in [1.165, 1.54) is 11.8 Å². The molecule has 1 atom stereocenters. The third-order valence-electron chi connectivity index (χ3n) is 2.65. The van der Waals surface area contributed by atoms with Crippen LogP contribution in [0.25, 0.3) is 0 Å². The third-order valence-corrected chi connectivity index (χ3v) is 4.05. The van der Waals surface area contributed by atoms with E-state index in [1.54, 1.807) is 0 Å². The highest BCUT2D eigenvalue weighted by Gasteiger charge is 2.37. The Kier molecular flexibility index (Phi) is 5.01. The van der Waals surface area contributed by atoms with E-state index in [-0.39, 0.29) is 18.2 Å². The van der Waals surface area contributed by atoms with Crippen molar-refractivity contribution in [2.45, 2.75) is 37.5 Å². The minimum atomic E-state index is -0.882. The van der Waals surface area contributed by atoms with Crippen LogP contribution in [0.15, 0.2) is 0 Å². The van der Waals surface area contributed by atoms with E-state index >= 15 is 0 Å². The lowest BCUT2D eigenvalue weighted by molar-refractivity contribution is -0.137. The lowest BCUT2D eigenvalue weighted by Gasteiger charge is -2.32. The zero-order valence-corrected chi connectivity index (χ0v) is 11.3. The zero-order chi connectivity index (χ0) is 13.8. The molecule has 3 N–H and O–H groups in total. The van der Waals surface area contributed by atoms with Crippen LogP contribution < -0.4 is 10.6 Å². The molecule has 1 aliphatic rings. The van der Waals surface area contributed by atoms with E-state index in [0.717, 1.165) is 0 Å². The van der Waals surface area contributed by atoms with Gasteiger partial charge in [-0.25, -0.2) is 0 Å². The summed E-state index contributed by atoms with van der Waals surface area (Å²) in [5.41, 5.74) is 0. The number of hydrogen-bond donors (Lipinski definition) is 3. The van der Waals surface area contributed by atoms with Gasteiger partial charge in [-0.2, -0.15) is 0 Å². The van der Waals surface area contributed by atoms with Crippen LogP contribution in [0.1, 0.15) is 26.7 Å². The summed E-state index contributed by atoms with van der Waals surface area (Å²) < 4.78 is -0.500. The molecular formula is C11H18N2O4S. The Labute approximate surface area is 110 Å². The molecule has 6 nitrogen and oxygen atoms in total. The number of aliphatic carboxylic acids is 1. The van der Waals surface area contributed by atoms with Gasteiger partial charge in [0.25, 0.3) is 0 Å². The summed E-state index contributed by atoms with van der Waals surface area (Å²) in [6.07, 6.45) is 0.416. The van der Waals surface area contributed by atoms with E-state index in [4.69, 9.17) is 5.11 Å². The van der Waals surface area contributed by atoms with Gasteiger partial charge in [-0.15, -0.1) is 11.8 Å². The molecule has 0 aliphatic carbocycles. The molecule has 7 heteroatoms. The van der Waals surface area contributed by atoms with Crippen molar-refractivity contribution in [3.63, 3.8) is 0 Å².